The molecule has 0 unspecified atom stereocenters. The summed E-state index contributed by atoms with van der Waals surface area (Å²) in [5.74, 6) is 0.905. The zero-order chi connectivity index (χ0) is 14.6. The van der Waals surface area contributed by atoms with Crippen LogP contribution in [0.5, 0.6) is 5.75 Å². The summed E-state index contributed by atoms with van der Waals surface area (Å²) in [4.78, 5) is 4.07. The second kappa shape index (κ2) is 10.0. The molecule has 112 valence electrons. The molecular formula is C14H22FN3O2. The number of hydrogen-bond acceptors (Lipinski definition) is 3. The van der Waals surface area contributed by atoms with E-state index in [0.717, 1.165) is 0 Å². The van der Waals surface area contributed by atoms with Gasteiger partial charge in [0.15, 0.2) is 5.96 Å². The molecule has 0 saturated carbocycles. The Morgan fingerprint density at radius 1 is 1.25 bits per heavy atom. The van der Waals surface area contributed by atoms with Crippen molar-refractivity contribution in [2.75, 3.05) is 40.0 Å². The van der Waals surface area contributed by atoms with Crippen molar-refractivity contribution in [1.82, 2.24) is 10.6 Å². The largest absolute Gasteiger partial charge is 0.492 e. The Morgan fingerprint density at radius 3 is 2.65 bits per heavy atom. The van der Waals surface area contributed by atoms with Crippen molar-refractivity contribution in [2.45, 2.75) is 6.92 Å². The first-order valence-corrected chi connectivity index (χ1v) is 6.67. The predicted molar refractivity (Wildman–Crippen MR) is 77.8 cm³/mol. The van der Waals surface area contributed by atoms with Crippen LogP contribution in [0.3, 0.4) is 0 Å². The van der Waals surface area contributed by atoms with E-state index in [9.17, 15) is 4.39 Å². The molecule has 0 radical (unpaired) electrons. The van der Waals surface area contributed by atoms with Crippen LogP contribution in [0, 0.1) is 5.82 Å². The summed E-state index contributed by atoms with van der Waals surface area (Å²) in [7, 11) is 1.70. The molecule has 0 spiro atoms. The van der Waals surface area contributed by atoms with E-state index in [0.29, 0.717) is 44.6 Å². The quantitative estimate of drug-likeness (QED) is 0.430. The Morgan fingerprint density at radius 2 is 2.00 bits per heavy atom. The highest BCUT2D eigenvalue weighted by Gasteiger charge is 1.98. The number of halogens is 1. The van der Waals surface area contributed by atoms with Crippen molar-refractivity contribution in [3.63, 3.8) is 0 Å². The number of rotatable bonds is 8. The van der Waals surface area contributed by atoms with Gasteiger partial charge >= 0.3 is 0 Å². The zero-order valence-corrected chi connectivity index (χ0v) is 12.0. The molecule has 1 rings (SSSR count). The van der Waals surface area contributed by atoms with Crippen LogP contribution in [0.25, 0.3) is 0 Å². The fourth-order valence-corrected chi connectivity index (χ4v) is 1.50. The van der Waals surface area contributed by atoms with Gasteiger partial charge in [0, 0.05) is 26.3 Å². The molecule has 2 N–H and O–H groups in total. The molecule has 1 aromatic rings. The topological polar surface area (TPSA) is 54.9 Å². The van der Waals surface area contributed by atoms with Gasteiger partial charge in [0.05, 0.1) is 13.2 Å². The summed E-state index contributed by atoms with van der Waals surface area (Å²) in [5, 5.41) is 6.21. The van der Waals surface area contributed by atoms with Crippen LogP contribution in [0.1, 0.15) is 6.92 Å². The van der Waals surface area contributed by atoms with Gasteiger partial charge in [0.1, 0.15) is 18.2 Å². The van der Waals surface area contributed by atoms with Gasteiger partial charge in [-0.3, -0.25) is 4.99 Å². The minimum atomic E-state index is -0.302. The third-order valence-corrected chi connectivity index (χ3v) is 2.43. The highest BCUT2D eigenvalue weighted by Crippen LogP contribution is 2.11. The number of benzene rings is 1. The molecule has 1 aromatic carbocycles. The molecule has 0 amide bonds. The average Bonchev–Trinajstić information content (AvgIpc) is 2.46. The molecule has 0 fully saturated rings. The molecule has 0 atom stereocenters. The Hall–Kier alpha value is -1.82. The van der Waals surface area contributed by atoms with Gasteiger partial charge in [-0.2, -0.15) is 0 Å². The molecule has 0 aromatic heterocycles. The summed E-state index contributed by atoms with van der Waals surface area (Å²) < 4.78 is 23.6. The molecule has 0 bridgehead atoms. The number of hydrogen-bond donors (Lipinski definition) is 2. The van der Waals surface area contributed by atoms with Gasteiger partial charge in [-0.25, -0.2) is 4.39 Å². The Labute approximate surface area is 119 Å². The van der Waals surface area contributed by atoms with Crippen LogP contribution >= 0.6 is 0 Å². The summed E-state index contributed by atoms with van der Waals surface area (Å²) in [6.45, 7) is 4.99. The van der Waals surface area contributed by atoms with Crippen molar-refractivity contribution < 1.29 is 13.9 Å². The molecule has 0 aliphatic carbocycles. The van der Waals surface area contributed by atoms with E-state index in [-0.39, 0.29) is 5.82 Å². The number of nitrogens with zero attached hydrogens (tertiary/aromatic N) is 1. The van der Waals surface area contributed by atoms with Crippen LogP contribution in [-0.4, -0.2) is 45.9 Å². The molecular weight excluding hydrogens is 261 g/mol. The van der Waals surface area contributed by atoms with Crippen LogP contribution in [0.15, 0.2) is 29.3 Å². The number of ether oxygens (including phenoxy) is 2. The van der Waals surface area contributed by atoms with Crippen LogP contribution in [-0.2, 0) is 4.74 Å². The van der Waals surface area contributed by atoms with Crippen molar-refractivity contribution in [3.8, 4) is 5.75 Å². The molecule has 6 heteroatoms. The molecule has 5 nitrogen and oxygen atoms in total. The Balaban J connectivity index is 2.15. The fraction of sp³-hybridized carbons (Fsp3) is 0.500. The van der Waals surface area contributed by atoms with E-state index in [2.05, 4.69) is 15.6 Å². The van der Waals surface area contributed by atoms with Gasteiger partial charge in [-0.05, 0) is 19.1 Å². The number of aliphatic imine (C=N–C) groups is 1. The SMILES string of the molecule is CCOCCNC(=NC)NCCOc1cccc(F)c1. The van der Waals surface area contributed by atoms with Gasteiger partial charge in [0.25, 0.3) is 0 Å². The van der Waals surface area contributed by atoms with Crippen molar-refractivity contribution >= 4 is 5.96 Å². The van der Waals surface area contributed by atoms with E-state index < -0.39 is 0 Å². The van der Waals surface area contributed by atoms with E-state index >= 15 is 0 Å². The smallest absolute Gasteiger partial charge is 0.191 e. The monoisotopic (exact) mass is 283 g/mol. The lowest BCUT2D eigenvalue weighted by Crippen LogP contribution is -2.40. The standard InChI is InChI=1S/C14H22FN3O2/c1-3-19-9-7-17-14(16-2)18-8-10-20-13-6-4-5-12(15)11-13/h4-6,11H,3,7-10H2,1-2H3,(H2,16,17,18). The van der Waals surface area contributed by atoms with Gasteiger partial charge in [0.2, 0.25) is 0 Å². The Bertz CT molecular complexity index is 413. The van der Waals surface area contributed by atoms with Gasteiger partial charge < -0.3 is 20.1 Å². The lowest BCUT2D eigenvalue weighted by molar-refractivity contribution is 0.152. The third kappa shape index (κ3) is 6.94. The Kier molecular flexibility index (Phi) is 8.14. The first-order chi connectivity index (χ1) is 9.76. The summed E-state index contributed by atoms with van der Waals surface area (Å²) in [6.07, 6.45) is 0. The van der Waals surface area contributed by atoms with Gasteiger partial charge in [-0.15, -0.1) is 0 Å². The maximum absolute atomic E-state index is 12.9. The first-order valence-electron chi connectivity index (χ1n) is 6.67. The second-order valence-electron chi connectivity index (χ2n) is 3.93. The summed E-state index contributed by atoms with van der Waals surface area (Å²) in [5.41, 5.74) is 0. The van der Waals surface area contributed by atoms with E-state index in [4.69, 9.17) is 9.47 Å². The van der Waals surface area contributed by atoms with Crippen LogP contribution < -0.4 is 15.4 Å². The first kappa shape index (κ1) is 16.2. The molecule has 0 aliphatic rings. The fourth-order valence-electron chi connectivity index (χ4n) is 1.50. The number of nitrogens with one attached hydrogen (secondary N) is 2. The van der Waals surface area contributed by atoms with Gasteiger partial charge in [-0.1, -0.05) is 6.07 Å². The highest BCUT2D eigenvalue weighted by atomic mass is 19.1. The van der Waals surface area contributed by atoms with E-state index in [1.807, 2.05) is 6.92 Å². The molecule has 0 aliphatic heterocycles. The molecule has 20 heavy (non-hydrogen) atoms. The lowest BCUT2D eigenvalue weighted by atomic mass is 10.3. The minimum absolute atomic E-state index is 0.302. The summed E-state index contributed by atoms with van der Waals surface area (Å²) >= 11 is 0. The lowest BCUT2D eigenvalue weighted by Gasteiger charge is -2.12. The van der Waals surface area contributed by atoms with E-state index in [1.165, 1.54) is 12.1 Å². The second-order valence-corrected chi connectivity index (χ2v) is 3.93. The third-order valence-electron chi connectivity index (χ3n) is 2.43. The van der Waals surface area contributed by atoms with Crippen LogP contribution in [0.2, 0.25) is 0 Å². The number of guanidine groups is 1. The zero-order valence-electron chi connectivity index (χ0n) is 12.0. The highest BCUT2D eigenvalue weighted by molar-refractivity contribution is 5.79. The van der Waals surface area contributed by atoms with Crippen molar-refractivity contribution in [1.29, 1.82) is 0 Å². The van der Waals surface area contributed by atoms with E-state index in [1.54, 1.807) is 19.2 Å². The molecule has 0 heterocycles. The van der Waals surface area contributed by atoms with Crippen molar-refractivity contribution in [2.24, 2.45) is 4.99 Å². The normalized spacial score (nSPS) is 11.2. The predicted octanol–water partition coefficient (Wildman–Crippen LogP) is 1.41. The maximum atomic E-state index is 12.9. The maximum Gasteiger partial charge on any atom is 0.191 e. The minimum Gasteiger partial charge on any atom is -0.492 e. The van der Waals surface area contributed by atoms with Crippen LogP contribution in [0.4, 0.5) is 4.39 Å². The average molecular weight is 283 g/mol. The molecule has 0 saturated heterocycles. The van der Waals surface area contributed by atoms with Crippen molar-refractivity contribution in [3.05, 3.63) is 30.1 Å². The summed E-state index contributed by atoms with van der Waals surface area (Å²) in [6, 6.07) is 6.08.